The Morgan fingerprint density at radius 1 is 1.14 bits per heavy atom. The zero-order chi connectivity index (χ0) is 14.8. The molecule has 2 heterocycles. The van der Waals surface area contributed by atoms with Crippen LogP contribution in [0.2, 0.25) is 0 Å². The van der Waals surface area contributed by atoms with Crippen molar-refractivity contribution < 1.29 is 0 Å². The van der Waals surface area contributed by atoms with Gasteiger partial charge in [0.2, 0.25) is 5.95 Å². The van der Waals surface area contributed by atoms with E-state index < -0.39 is 0 Å². The number of aromatic nitrogens is 5. The fourth-order valence-corrected chi connectivity index (χ4v) is 1.87. The van der Waals surface area contributed by atoms with Gasteiger partial charge in [-0.25, -0.2) is 14.6 Å². The van der Waals surface area contributed by atoms with E-state index in [0.717, 1.165) is 5.56 Å². The third-order valence-corrected chi connectivity index (χ3v) is 2.90. The molecule has 7 nitrogen and oxygen atoms in total. The highest BCUT2D eigenvalue weighted by atomic mass is 15.4. The molecule has 0 aliphatic heterocycles. The van der Waals surface area contributed by atoms with E-state index in [1.807, 2.05) is 43.3 Å². The predicted octanol–water partition coefficient (Wildman–Crippen LogP) is 1.37. The number of nitrogen functional groups attached to an aromatic ring is 1. The van der Waals surface area contributed by atoms with Crippen LogP contribution in [-0.2, 0) is 0 Å². The average Bonchev–Trinajstić information content (AvgIpc) is 2.97. The minimum absolute atomic E-state index is 0.604. The Morgan fingerprint density at radius 3 is 2.76 bits per heavy atom. The molecule has 2 N–H and O–H groups in total. The molecule has 1 aromatic carbocycles. The topological polar surface area (TPSA) is 85.8 Å². The Bertz CT molecular complexity index is 763. The van der Waals surface area contributed by atoms with Crippen molar-refractivity contribution in [1.29, 1.82) is 0 Å². The van der Waals surface area contributed by atoms with Gasteiger partial charge in [-0.05, 0) is 12.1 Å². The SMILES string of the molecule is CN(C)c1nccc(-n2cnc(-c3cccc(N)c3)n2)n1. The molecule has 106 valence electrons. The van der Waals surface area contributed by atoms with Gasteiger partial charge in [0.1, 0.15) is 6.33 Å². The van der Waals surface area contributed by atoms with Gasteiger partial charge in [0, 0.05) is 37.6 Å². The number of rotatable bonds is 3. The summed E-state index contributed by atoms with van der Waals surface area (Å²) in [7, 11) is 3.78. The average molecular weight is 281 g/mol. The summed E-state index contributed by atoms with van der Waals surface area (Å²) in [6.07, 6.45) is 3.32. The lowest BCUT2D eigenvalue weighted by Crippen LogP contribution is -2.13. The number of hydrogen-bond acceptors (Lipinski definition) is 6. The molecule has 0 saturated carbocycles. The predicted molar refractivity (Wildman–Crippen MR) is 81.1 cm³/mol. The van der Waals surface area contributed by atoms with Crippen LogP contribution in [0.25, 0.3) is 17.2 Å². The molecule has 7 heteroatoms. The maximum absolute atomic E-state index is 5.78. The molecule has 0 amide bonds. The molecule has 0 atom stereocenters. The lowest BCUT2D eigenvalue weighted by molar-refractivity contribution is 0.832. The molecule has 3 rings (SSSR count). The summed E-state index contributed by atoms with van der Waals surface area (Å²) in [6.45, 7) is 0. The molecule has 0 fully saturated rings. The van der Waals surface area contributed by atoms with Gasteiger partial charge in [-0.3, -0.25) is 0 Å². The summed E-state index contributed by atoms with van der Waals surface area (Å²) >= 11 is 0. The first-order chi connectivity index (χ1) is 10.1. The molecular formula is C14H15N7. The fourth-order valence-electron chi connectivity index (χ4n) is 1.87. The lowest BCUT2D eigenvalue weighted by Gasteiger charge is -2.10. The summed E-state index contributed by atoms with van der Waals surface area (Å²) in [6, 6.07) is 9.24. The van der Waals surface area contributed by atoms with E-state index in [2.05, 4.69) is 20.1 Å². The number of hydrogen-bond donors (Lipinski definition) is 1. The second-order valence-corrected chi connectivity index (χ2v) is 4.75. The second-order valence-electron chi connectivity index (χ2n) is 4.75. The smallest absolute Gasteiger partial charge is 0.226 e. The summed E-state index contributed by atoms with van der Waals surface area (Å²) in [5.41, 5.74) is 7.33. The van der Waals surface area contributed by atoms with E-state index in [0.29, 0.717) is 23.3 Å². The maximum atomic E-state index is 5.78. The Kier molecular flexibility index (Phi) is 3.23. The van der Waals surface area contributed by atoms with Crippen LogP contribution >= 0.6 is 0 Å². The summed E-state index contributed by atoms with van der Waals surface area (Å²) in [4.78, 5) is 14.7. The molecule has 2 aromatic heterocycles. The van der Waals surface area contributed by atoms with E-state index in [-0.39, 0.29) is 0 Å². The van der Waals surface area contributed by atoms with Gasteiger partial charge in [0.05, 0.1) is 0 Å². The van der Waals surface area contributed by atoms with E-state index in [9.17, 15) is 0 Å². The highest BCUT2D eigenvalue weighted by Gasteiger charge is 2.08. The van der Waals surface area contributed by atoms with Gasteiger partial charge in [0.25, 0.3) is 0 Å². The monoisotopic (exact) mass is 281 g/mol. The van der Waals surface area contributed by atoms with E-state index >= 15 is 0 Å². The van der Waals surface area contributed by atoms with Crippen molar-refractivity contribution in [3.05, 3.63) is 42.9 Å². The first-order valence-electron chi connectivity index (χ1n) is 6.42. The van der Waals surface area contributed by atoms with Crippen LogP contribution in [0.3, 0.4) is 0 Å². The molecule has 0 bridgehead atoms. The largest absolute Gasteiger partial charge is 0.399 e. The quantitative estimate of drug-likeness (QED) is 0.730. The minimum Gasteiger partial charge on any atom is -0.399 e. The van der Waals surface area contributed by atoms with Crippen LogP contribution in [0.4, 0.5) is 11.6 Å². The van der Waals surface area contributed by atoms with Crippen molar-refractivity contribution in [3.8, 4) is 17.2 Å². The number of anilines is 2. The first-order valence-corrected chi connectivity index (χ1v) is 6.42. The molecule has 0 aliphatic rings. The van der Waals surface area contributed by atoms with Crippen LogP contribution in [0, 0.1) is 0 Å². The fraction of sp³-hybridized carbons (Fsp3) is 0.143. The lowest BCUT2D eigenvalue weighted by atomic mass is 10.2. The highest BCUT2D eigenvalue weighted by molar-refractivity contribution is 5.60. The summed E-state index contributed by atoms with van der Waals surface area (Å²) < 4.78 is 1.62. The Hall–Kier alpha value is -2.96. The van der Waals surface area contributed by atoms with Crippen LogP contribution in [0.5, 0.6) is 0 Å². The standard InChI is InChI=1S/C14H15N7/c1-20(2)14-16-7-6-12(18-14)21-9-17-13(19-21)10-4-3-5-11(15)8-10/h3-9H,15H2,1-2H3. The van der Waals surface area contributed by atoms with Crippen molar-refractivity contribution in [2.75, 3.05) is 24.7 Å². The summed E-state index contributed by atoms with van der Waals surface area (Å²) in [5.74, 6) is 1.89. The van der Waals surface area contributed by atoms with Crippen molar-refractivity contribution in [1.82, 2.24) is 24.7 Å². The number of nitrogens with two attached hydrogens (primary N) is 1. The van der Waals surface area contributed by atoms with Crippen molar-refractivity contribution in [3.63, 3.8) is 0 Å². The number of nitrogens with zero attached hydrogens (tertiary/aromatic N) is 6. The molecule has 0 radical (unpaired) electrons. The first kappa shape index (κ1) is 13.0. The van der Waals surface area contributed by atoms with Gasteiger partial charge >= 0.3 is 0 Å². The molecule has 0 spiro atoms. The van der Waals surface area contributed by atoms with Crippen LogP contribution < -0.4 is 10.6 Å². The van der Waals surface area contributed by atoms with E-state index in [1.165, 1.54) is 0 Å². The Balaban J connectivity index is 1.97. The van der Waals surface area contributed by atoms with Crippen molar-refractivity contribution >= 4 is 11.6 Å². The van der Waals surface area contributed by atoms with Crippen molar-refractivity contribution in [2.45, 2.75) is 0 Å². The molecule has 0 saturated heterocycles. The van der Waals surface area contributed by atoms with Crippen molar-refractivity contribution in [2.24, 2.45) is 0 Å². The van der Waals surface area contributed by atoms with E-state index in [1.54, 1.807) is 23.3 Å². The minimum atomic E-state index is 0.604. The molecule has 0 aliphatic carbocycles. The number of benzene rings is 1. The molecule has 3 aromatic rings. The van der Waals surface area contributed by atoms with Gasteiger partial charge in [-0.1, -0.05) is 12.1 Å². The second kappa shape index (κ2) is 5.20. The third kappa shape index (κ3) is 2.66. The Labute approximate surface area is 122 Å². The Morgan fingerprint density at radius 2 is 2.00 bits per heavy atom. The van der Waals surface area contributed by atoms with Gasteiger partial charge < -0.3 is 10.6 Å². The normalized spacial score (nSPS) is 10.6. The maximum Gasteiger partial charge on any atom is 0.226 e. The van der Waals surface area contributed by atoms with Gasteiger partial charge in [-0.15, -0.1) is 5.10 Å². The summed E-state index contributed by atoms with van der Waals surface area (Å²) in [5, 5.41) is 4.43. The highest BCUT2D eigenvalue weighted by Crippen LogP contribution is 2.18. The molecule has 0 unspecified atom stereocenters. The molecule has 21 heavy (non-hydrogen) atoms. The van der Waals surface area contributed by atoms with Gasteiger partial charge in [0.15, 0.2) is 11.6 Å². The molecular weight excluding hydrogens is 266 g/mol. The van der Waals surface area contributed by atoms with Gasteiger partial charge in [-0.2, -0.15) is 4.98 Å². The zero-order valence-corrected chi connectivity index (χ0v) is 11.8. The van der Waals surface area contributed by atoms with Crippen LogP contribution in [0.15, 0.2) is 42.9 Å². The zero-order valence-electron chi connectivity index (χ0n) is 11.8. The van der Waals surface area contributed by atoms with Crippen LogP contribution in [0.1, 0.15) is 0 Å². The third-order valence-electron chi connectivity index (χ3n) is 2.90. The van der Waals surface area contributed by atoms with E-state index in [4.69, 9.17) is 5.73 Å². The van der Waals surface area contributed by atoms with Crippen LogP contribution in [-0.4, -0.2) is 38.8 Å².